The highest BCUT2D eigenvalue weighted by molar-refractivity contribution is 8.00. The fraction of sp³-hybridized carbons (Fsp3) is 0.462. The molecule has 0 spiro atoms. The van der Waals surface area contributed by atoms with Crippen LogP contribution in [-0.2, 0) is 4.74 Å². The van der Waals surface area contributed by atoms with Crippen molar-refractivity contribution in [2.45, 2.75) is 37.3 Å². The van der Waals surface area contributed by atoms with Crippen molar-refractivity contribution in [1.82, 2.24) is 0 Å². The van der Waals surface area contributed by atoms with Crippen molar-refractivity contribution in [2.75, 3.05) is 6.61 Å². The topological polar surface area (TPSA) is 26.3 Å². The second-order valence-electron chi connectivity index (χ2n) is 4.58. The summed E-state index contributed by atoms with van der Waals surface area (Å²) in [6.45, 7) is 8.52. The Kier molecular flexibility index (Phi) is 4.90. The van der Waals surface area contributed by atoms with E-state index in [0.29, 0.717) is 17.2 Å². The summed E-state index contributed by atoms with van der Waals surface area (Å²) in [5.74, 6) is -0.371. The number of esters is 1. The van der Waals surface area contributed by atoms with Crippen LogP contribution in [0.4, 0.5) is 0 Å². The van der Waals surface area contributed by atoms with Gasteiger partial charge in [-0.2, -0.15) is 0 Å². The third-order valence-electron chi connectivity index (χ3n) is 1.86. The van der Waals surface area contributed by atoms with Crippen molar-refractivity contribution >= 4 is 29.3 Å². The monoisotopic (exact) mass is 272 g/mol. The molecule has 1 rings (SSSR count). The number of ether oxygens (including phenoxy) is 1. The highest BCUT2D eigenvalue weighted by Gasteiger charge is 2.15. The van der Waals surface area contributed by atoms with Gasteiger partial charge < -0.3 is 4.74 Å². The van der Waals surface area contributed by atoms with Crippen LogP contribution in [0.1, 0.15) is 38.1 Å². The summed E-state index contributed by atoms with van der Waals surface area (Å²) in [6.07, 6.45) is 0. The Hall–Kier alpha value is -0.670. The molecule has 0 atom stereocenters. The van der Waals surface area contributed by atoms with Crippen molar-refractivity contribution in [2.24, 2.45) is 0 Å². The number of rotatable bonds is 3. The lowest BCUT2D eigenvalue weighted by atomic mass is 10.2. The summed E-state index contributed by atoms with van der Waals surface area (Å²) in [4.78, 5) is 12.6. The van der Waals surface area contributed by atoms with Crippen LogP contribution in [0.2, 0.25) is 5.02 Å². The molecule has 1 aromatic carbocycles. The van der Waals surface area contributed by atoms with E-state index < -0.39 is 0 Å². The van der Waals surface area contributed by atoms with Crippen molar-refractivity contribution in [1.29, 1.82) is 0 Å². The van der Waals surface area contributed by atoms with Crippen molar-refractivity contribution in [3.8, 4) is 0 Å². The maximum atomic E-state index is 11.5. The first-order chi connectivity index (χ1) is 7.83. The first-order valence-corrected chi connectivity index (χ1v) is 6.68. The Morgan fingerprint density at radius 1 is 1.41 bits per heavy atom. The Labute approximate surface area is 112 Å². The zero-order valence-corrected chi connectivity index (χ0v) is 12.1. The number of hydrogen-bond acceptors (Lipinski definition) is 3. The summed E-state index contributed by atoms with van der Waals surface area (Å²) >= 11 is 7.79. The predicted octanol–water partition coefficient (Wildman–Crippen LogP) is 4.41. The number of carbonyl (C=O) groups is 1. The van der Waals surface area contributed by atoms with E-state index in [4.69, 9.17) is 16.3 Å². The molecule has 2 nitrogen and oxygen atoms in total. The minimum absolute atomic E-state index is 0.120. The smallest absolute Gasteiger partial charge is 0.339 e. The third-order valence-corrected chi connectivity index (χ3v) is 3.27. The molecule has 0 aliphatic rings. The molecule has 0 bridgehead atoms. The molecule has 0 aliphatic heterocycles. The highest BCUT2D eigenvalue weighted by atomic mass is 35.5. The third kappa shape index (κ3) is 4.60. The molecule has 0 amide bonds. The fourth-order valence-corrected chi connectivity index (χ4v) is 2.63. The van der Waals surface area contributed by atoms with Crippen molar-refractivity contribution in [3.05, 3.63) is 28.8 Å². The average molecular weight is 273 g/mol. The SMILES string of the molecule is CCOC(=O)c1ccc(SC(C)(C)C)cc1Cl. The minimum atomic E-state index is -0.371. The zero-order chi connectivity index (χ0) is 13.1. The van der Waals surface area contributed by atoms with Crippen LogP contribution in [0.25, 0.3) is 0 Å². The lowest BCUT2D eigenvalue weighted by Crippen LogP contribution is -2.08. The van der Waals surface area contributed by atoms with Crippen LogP contribution in [0.5, 0.6) is 0 Å². The molecule has 0 N–H and O–H groups in total. The first kappa shape index (κ1) is 14.4. The van der Waals surface area contributed by atoms with Crippen molar-refractivity contribution < 1.29 is 9.53 Å². The fourth-order valence-electron chi connectivity index (χ4n) is 1.29. The number of hydrogen-bond donors (Lipinski definition) is 0. The summed E-state index contributed by atoms with van der Waals surface area (Å²) < 4.78 is 5.04. The molecule has 0 aromatic heterocycles. The maximum absolute atomic E-state index is 11.5. The van der Waals surface area contributed by atoms with E-state index in [1.165, 1.54) is 0 Å². The van der Waals surface area contributed by atoms with Gasteiger partial charge in [0.1, 0.15) is 0 Å². The lowest BCUT2D eigenvalue weighted by Gasteiger charge is -2.17. The minimum Gasteiger partial charge on any atom is -0.462 e. The number of benzene rings is 1. The molecular formula is C13H17ClO2S. The van der Waals surface area contributed by atoms with Gasteiger partial charge in [0.2, 0.25) is 0 Å². The quantitative estimate of drug-likeness (QED) is 0.602. The van der Waals surface area contributed by atoms with E-state index in [0.717, 1.165) is 4.90 Å². The highest BCUT2D eigenvalue weighted by Crippen LogP contribution is 2.34. The molecule has 0 aliphatic carbocycles. The van der Waals surface area contributed by atoms with Crippen LogP contribution in [0, 0.1) is 0 Å². The normalized spacial score (nSPS) is 11.4. The Bertz CT molecular complexity index is 410. The Morgan fingerprint density at radius 3 is 2.53 bits per heavy atom. The van der Waals surface area contributed by atoms with Gasteiger partial charge in [0, 0.05) is 9.64 Å². The molecular weight excluding hydrogens is 256 g/mol. The molecule has 0 saturated carbocycles. The van der Waals surface area contributed by atoms with Gasteiger partial charge in [-0.1, -0.05) is 32.4 Å². The van der Waals surface area contributed by atoms with E-state index in [-0.39, 0.29) is 10.7 Å². The van der Waals surface area contributed by atoms with Crippen LogP contribution < -0.4 is 0 Å². The first-order valence-electron chi connectivity index (χ1n) is 5.49. The van der Waals surface area contributed by atoms with Gasteiger partial charge in [-0.25, -0.2) is 4.79 Å². The van der Waals surface area contributed by atoms with Gasteiger partial charge in [-0.15, -0.1) is 11.8 Å². The molecule has 0 fully saturated rings. The summed E-state index contributed by atoms with van der Waals surface area (Å²) in [7, 11) is 0. The van der Waals surface area contributed by atoms with Gasteiger partial charge in [0.15, 0.2) is 0 Å². The second-order valence-corrected chi connectivity index (χ2v) is 6.88. The second kappa shape index (κ2) is 5.78. The Balaban J connectivity index is 2.90. The number of thioether (sulfide) groups is 1. The summed E-state index contributed by atoms with van der Waals surface area (Å²) in [5.41, 5.74) is 0.423. The van der Waals surface area contributed by atoms with Crippen LogP contribution in [-0.4, -0.2) is 17.3 Å². The molecule has 94 valence electrons. The molecule has 0 saturated heterocycles. The lowest BCUT2D eigenvalue weighted by molar-refractivity contribution is 0.0526. The predicted molar refractivity (Wildman–Crippen MR) is 73.0 cm³/mol. The van der Waals surface area contributed by atoms with E-state index in [1.807, 2.05) is 12.1 Å². The molecule has 0 heterocycles. The molecule has 0 unspecified atom stereocenters. The van der Waals surface area contributed by atoms with Gasteiger partial charge in [0.25, 0.3) is 0 Å². The summed E-state index contributed by atoms with van der Waals surface area (Å²) in [6, 6.07) is 5.42. The van der Waals surface area contributed by atoms with Gasteiger partial charge in [0.05, 0.1) is 17.2 Å². The molecule has 4 heteroatoms. The average Bonchev–Trinajstić information content (AvgIpc) is 2.15. The molecule has 1 aromatic rings. The standard InChI is InChI=1S/C13H17ClO2S/c1-5-16-12(15)10-7-6-9(8-11(10)14)17-13(2,3)4/h6-8H,5H2,1-4H3. The van der Waals surface area contributed by atoms with Crippen LogP contribution >= 0.6 is 23.4 Å². The van der Waals surface area contributed by atoms with E-state index in [2.05, 4.69) is 20.8 Å². The summed E-state index contributed by atoms with van der Waals surface area (Å²) in [5, 5.41) is 0.442. The maximum Gasteiger partial charge on any atom is 0.339 e. The van der Waals surface area contributed by atoms with Gasteiger partial charge in [-0.05, 0) is 25.1 Å². The van der Waals surface area contributed by atoms with Crippen LogP contribution in [0.3, 0.4) is 0 Å². The van der Waals surface area contributed by atoms with Crippen LogP contribution in [0.15, 0.2) is 23.1 Å². The van der Waals surface area contributed by atoms with Gasteiger partial charge in [-0.3, -0.25) is 0 Å². The van der Waals surface area contributed by atoms with E-state index >= 15 is 0 Å². The largest absolute Gasteiger partial charge is 0.462 e. The van der Waals surface area contributed by atoms with E-state index in [1.54, 1.807) is 24.8 Å². The number of carbonyl (C=O) groups excluding carboxylic acids is 1. The zero-order valence-electron chi connectivity index (χ0n) is 10.5. The Morgan fingerprint density at radius 2 is 2.06 bits per heavy atom. The van der Waals surface area contributed by atoms with Crippen molar-refractivity contribution in [3.63, 3.8) is 0 Å². The van der Waals surface area contributed by atoms with Gasteiger partial charge >= 0.3 is 5.97 Å². The van der Waals surface area contributed by atoms with E-state index in [9.17, 15) is 4.79 Å². The molecule has 0 radical (unpaired) electrons. The molecule has 17 heavy (non-hydrogen) atoms. The number of halogens is 1.